The zero-order valence-electron chi connectivity index (χ0n) is 34.3. The summed E-state index contributed by atoms with van der Waals surface area (Å²) in [6.45, 7) is 17.9. The third kappa shape index (κ3) is 7.28. The second-order valence-electron chi connectivity index (χ2n) is 16.9. The van der Waals surface area contributed by atoms with Crippen LogP contribution in [-0.2, 0) is 8.65 Å². The molecule has 3 aromatic heterocycles. The number of aliphatic imine (C=N–C) groups is 2. The van der Waals surface area contributed by atoms with Gasteiger partial charge in [0, 0.05) is 22.8 Å². The molecule has 3 N–H and O–H groups in total. The number of hydrogen-bond acceptors (Lipinski definition) is 2. The highest BCUT2D eigenvalue weighted by Gasteiger charge is 2.41. The van der Waals surface area contributed by atoms with E-state index < -0.39 is 8.65 Å². The van der Waals surface area contributed by atoms with Crippen molar-refractivity contribution in [2.45, 2.75) is 87.7 Å². The number of nitrogens with one attached hydrogen (secondary N) is 3. The van der Waals surface area contributed by atoms with Gasteiger partial charge in [-0.05, 0) is 136 Å². The van der Waals surface area contributed by atoms with E-state index in [1.54, 1.807) is 12.1 Å². The quantitative estimate of drug-likeness (QED) is 0.134. The van der Waals surface area contributed by atoms with E-state index in [1.165, 1.54) is 34.4 Å². The molecule has 0 amide bonds. The molecule has 8 heteroatoms. The van der Waals surface area contributed by atoms with Gasteiger partial charge in [0.05, 0.1) is 28.5 Å². The van der Waals surface area contributed by atoms with Gasteiger partial charge in [0.15, 0.2) is 0 Å². The highest BCUT2D eigenvalue weighted by Crippen LogP contribution is 2.47. The molecular formula is C50H50Br2FN5. The predicted molar refractivity (Wildman–Crippen MR) is 246 cm³/mol. The number of fused-ring (bicyclic) bond motifs is 7. The van der Waals surface area contributed by atoms with Gasteiger partial charge in [-0.15, -0.1) is 0 Å². The van der Waals surface area contributed by atoms with Crippen LogP contribution in [0.5, 0.6) is 0 Å². The van der Waals surface area contributed by atoms with Crippen LogP contribution >= 0.6 is 31.9 Å². The van der Waals surface area contributed by atoms with Crippen molar-refractivity contribution in [3.05, 3.63) is 188 Å². The van der Waals surface area contributed by atoms with Crippen molar-refractivity contribution >= 4 is 55.0 Å². The summed E-state index contributed by atoms with van der Waals surface area (Å²) in [5, 5.41) is 0. The van der Waals surface area contributed by atoms with Crippen LogP contribution < -0.4 is 0 Å². The first-order chi connectivity index (χ1) is 27.6. The number of aromatic nitrogens is 3. The molecule has 8 bridgehead atoms. The Bertz CT molecular complexity index is 2580. The standard InChI is InChI=1S/C50H50Br2FN5/c1-28(2)32-21-33(29(3)4)24-36(23-32)49(51)44-17-13-40(54-44)27-41-14-18-45(55-41)50(52,37-25-34(30(5)6)22-35(26-37)31(7)8)47-20-16-43(58-47)48(42-15-19-46(49)57-42)56-39-11-9-38(53)10-12-39/h9-31,54,57-58H,1-8H3/b41-27-,56-48?. The Labute approximate surface area is 358 Å². The van der Waals surface area contributed by atoms with Gasteiger partial charge in [-0.1, -0.05) is 124 Å². The monoisotopic (exact) mass is 897 g/mol. The Morgan fingerprint density at radius 1 is 0.552 bits per heavy atom. The molecule has 2 aliphatic rings. The van der Waals surface area contributed by atoms with Gasteiger partial charge in [0.1, 0.15) is 20.2 Å². The summed E-state index contributed by atoms with van der Waals surface area (Å²) in [4.78, 5) is 22.0. The van der Waals surface area contributed by atoms with Crippen molar-refractivity contribution in [1.82, 2.24) is 15.0 Å². The van der Waals surface area contributed by atoms with Crippen molar-refractivity contribution in [3.63, 3.8) is 0 Å². The summed E-state index contributed by atoms with van der Waals surface area (Å²) in [5.41, 5.74) is 15.7. The summed E-state index contributed by atoms with van der Waals surface area (Å²) in [5.74, 6) is 1.04. The lowest BCUT2D eigenvalue weighted by Crippen LogP contribution is -2.30. The van der Waals surface area contributed by atoms with Crippen molar-refractivity contribution in [3.8, 4) is 0 Å². The number of benzene rings is 3. The Kier molecular flexibility index (Phi) is 10.6. The molecular weight excluding hydrogens is 849 g/mol. The number of halogens is 3. The first-order valence-corrected chi connectivity index (χ1v) is 21.8. The molecule has 0 fully saturated rings. The van der Waals surface area contributed by atoms with Crippen LogP contribution in [0.3, 0.4) is 0 Å². The van der Waals surface area contributed by atoms with E-state index in [-0.39, 0.29) is 5.82 Å². The maximum absolute atomic E-state index is 14.2. The summed E-state index contributed by atoms with van der Waals surface area (Å²) in [7, 11) is 0. The maximum Gasteiger partial charge on any atom is 0.132 e. The fourth-order valence-corrected chi connectivity index (χ4v) is 9.24. The lowest BCUT2D eigenvalue weighted by Gasteiger charge is -2.29. The summed E-state index contributed by atoms with van der Waals surface area (Å²) < 4.78 is 12.6. The van der Waals surface area contributed by atoms with Gasteiger partial charge < -0.3 is 15.0 Å². The first kappa shape index (κ1) is 40.0. The van der Waals surface area contributed by atoms with Crippen LogP contribution in [0.1, 0.15) is 147 Å². The van der Waals surface area contributed by atoms with Crippen molar-refractivity contribution in [2.75, 3.05) is 0 Å². The lowest BCUT2D eigenvalue weighted by molar-refractivity contribution is 0.628. The van der Waals surface area contributed by atoms with Crippen molar-refractivity contribution in [1.29, 1.82) is 0 Å². The van der Waals surface area contributed by atoms with Crippen LogP contribution in [0.4, 0.5) is 10.1 Å². The first-order valence-electron chi connectivity index (χ1n) is 20.2. The Balaban J connectivity index is 1.41. The second-order valence-corrected chi connectivity index (χ2v) is 19.3. The molecule has 0 saturated carbocycles. The molecule has 2 atom stereocenters. The van der Waals surface area contributed by atoms with Gasteiger partial charge in [0.25, 0.3) is 0 Å². The molecule has 2 aliphatic heterocycles. The number of hydrogen-bond donors (Lipinski definition) is 3. The molecule has 296 valence electrons. The molecule has 3 aromatic carbocycles. The van der Waals surface area contributed by atoms with E-state index >= 15 is 0 Å². The topological polar surface area (TPSA) is 72.1 Å². The number of allylic oxidation sites excluding steroid dienone is 2. The zero-order valence-corrected chi connectivity index (χ0v) is 37.5. The maximum atomic E-state index is 14.2. The SMILES string of the molecule is CC(C)c1cc(C(C)C)cc(C2(Br)C3=N/C(=C\c4ccc([nH]4)C(Br)(c4cc(C(C)C)cc(C(C)C)c4)c4ccc([nH]4)C(=Nc4ccc(F)cc4)c4ccc2[nH]4)C=C3)c1. The molecule has 5 heterocycles. The summed E-state index contributed by atoms with van der Waals surface area (Å²) >= 11 is 8.70. The van der Waals surface area contributed by atoms with Crippen LogP contribution in [0.25, 0.3) is 6.08 Å². The summed E-state index contributed by atoms with van der Waals surface area (Å²) in [6, 6.07) is 32.9. The third-order valence-electron chi connectivity index (χ3n) is 11.5. The van der Waals surface area contributed by atoms with E-state index in [0.29, 0.717) is 35.1 Å². The van der Waals surface area contributed by atoms with Crippen LogP contribution in [0.15, 0.2) is 125 Å². The summed E-state index contributed by atoms with van der Waals surface area (Å²) in [6.07, 6.45) is 6.32. The fraction of sp³-hybridized carbons (Fsp3) is 0.280. The van der Waals surface area contributed by atoms with E-state index in [2.05, 4.69) is 193 Å². The van der Waals surface area contributed by atoms with Gasteiger partial charge in [-0.2, -0.15) is 0 Å². The molecule has 0 saturated heterocycles. The zero-order chi connectivity index (χ0) is 41.1. The molecule has 0 radical (unpaired) electrons. The third-order valence-corrected chi connectivity index (χ3v) is 14.1. The number of aromatic amines is 3. The second kappa shape index (κ2) is 15.4. The van der Waals surface area contributed by atoms with Gasteiger partial charge >= 0.3 is 0 Å². The molecule has 6 aromatic rings. The Hall–Kier alpha value is -4.79. The van der Waals surface area contributed by atoms with Gasteiger partial charge in [-0.3, -0.25) is 4.99 Å². The number of H-pyrrole nitrogens is 3. The number of alkyl halides is 2. The molecule has 8 rings (SSSR count). The fourth-order valence-electron chi connectivity index (χ4n) is 7.87. The molecule has 58 heavy (non-hydrogen) atoms. The number of rotatable bonds is 7. The normalized spacial score (nSPS) is 20.8. The van der Waals surface area contributed by atoms with Crippen LogP contribution in [-0.4, -0.2) is 26.4 Å². The molecule has 0 aliphatic carbocycles. The molecule has 5 nitrogen and oxygen atoms in total. The largest absolute Gasteiger partial charge is 0.357 e. The van der Waals surface area contributed by atoms with E-state index in [4.69, 9.17) is 9.98 Å². The Morgan fingerprint density at radius 3 is 1.53 bits per heavy atom. The minimum Gasteiger partial charge on any atom is -0.357 e. The van der Waals surface area contributed by atoms with E-state index in [1.807, 2.05) is 0 Å². The van der Waals surface area contributed by atoms with E-state index in [0.717, 1.165) is 56.7 Å². The molecule has 2 unspecified atom stereocenters. The van der Waals surface area contributed by atoms with Gasteiger partial charge in [-0.25, -0.2) is 9.38 Å². The highest BCUT2D eigenvalue weighted by molar-refractivity contribution is 9.10. The van der Waals surface area contributed by atoms with Crippen LogP contribution in [0.2, 0.25) is 0 Å². The highest BCUT2D eigenvalue weighted by atomic mass is 79.9. The van der Waals surface area contributed by atoms with Gasteiger partial charge in [0.2, 0.25) is 0 Å². The average molecular weight is 900 g/mol. The molecule has 0 spiro atoms. The minimum atomic E-state index is -0.827. The lowest BCUT2D eigenvalue weighted by atomic mass is 9.85. The predicted octanol–water partition coefficient (Wildman–Crippen LogP) is 14.2. The minimum absolute atomic E-state index is 0.308. The van der Waals surface area contributed by atoms with Crippen molar-refractivity contribution < 1.29 is 4.39 Å². The van der Waals surface area contributed by atoms with Crippen molar-refractivity contribution in [2.24, 2.45) is 9.98 Å². The Morgan fingerprint density at radius 2 is 1.02 bits per heavy atom. The van der Waals surface area contributed by atoms with Crippen LogP contribution in [0, 0.1) is 5.82 Å². The average Bonchev–Trinajstić information content (AvgIpc) is 4.05. The van der Waals surface area contributed by atoms with E-state index in [9.17, 15) is 4.39 Å². The number of nitrogens with zero attached hydrogens (tertiary/aromatic N) is 2. The smallest absolute Gasteiger partial charge is 0.132 e.